The van der Waals surface area contributed by atoms with Crippen LogP contribution in [0.15, 0.2) is 65.4 Å². The Bertz CT molecular complexity index is 788. The molecule has 0 aliphatic heterocycles. The highest BCUT2D eigenvalue weighted by atomic mass is 19.1. The van der Waals surface area contributed by atoms with E-state index < -0.39 is 17.5 Å². The first kappa shape index (κ1) is 15.4. The van der Waals surface area contributed by atoms with Crippen molar-refractivity contribution in [2.75, 3.05) is 0 Å². The van der Waals surface area contributed by atoms with Crippen molar-refractivity contribution >= 4 is 5.91 Å². The number of aliphatic hydroxyl groups is 1. The zero-order chi connectivity index (χ0) is 16.6. The molecule has 5 heteroatoms. The predicted octanol–water partition coefficient (Wildman–Crippen LogP) is 2.51. The third kappa shape index (κ3) is 2.87. The Hall–Kier alpha value is -2.53. The van der Waals surface area contributed by atoms with Gasteiger partial charge < -0.3 is 10.4 Å². The fourth-order valence-electron chi connectivity index (χ4n) is 2.65. The van der Waals surface area contributed by atoms with Gasteiger partial charge in [-0.2, -0.15) is 0 Å². The minimum atomic E-state index is -1.13. The number of pyridine rings is 1. The second-order valence-corrected chi connectivity index (χ2v) is 6.12. The zero-order valence-electron chi connectivity index (χ0n) is 12.9. The summed E-state index contributed by atoms with van der Waals surface area (Å²) in [4.78, 5) is 16.5. The van der Waals surface area contributed by atoms with Crippen molar-refractivity contribution in [1.29, 1.82) is 0 Å². The molecule has 4 nitrogen and oxygen atoms in total. The van der Waals surface area contributed by atoms with Gasteiger partial charge in [0.25, 0.3) is 5.91 Å². The van der Waals surface area contributed by atoms with Crippen LogP contribution < -0.4 is 5.32 Å². The molecular weight excluding hydrogens is 295 g/mol. The molecule has 1 amide bonds. The smallest absolute Gasteiger partial charge is 0.252 e. The number of allylic oxidation sites excluding steroid dienone is 6. The molecule has 0 bridgehead atoms. The van der Waals surface area contributed by atoms with Crippen LogP contribution in [0.3, 0.4) is 0 Å². The lowest BCUT2D eigenvalue weighted by molar-refractivity contribution is -0.120. The lowest BCUT2D eigenvalue weighted by Crippen LogP contribution is -2.48. The van der Waals surface area contributed by atoms with Crippen LogP contribution in [-0.2, 0) is 4.79 Å². The monoisotopic (exact) mass is 312 g/mol. The van der Waals surface area contributed by atoms with Crippen LogP contribution in [0.2, 0.25) is 0 Å². The lowest BCUT2D eigenvalue weighted by atomic mass is 9.93. The summed E-state index contributed by atoms with van der Waals surface area (Å²) >= 11 is 0. The van der Waals surface area contributed by atoms with Gasteiger partial charge in [0.05, 0.1) is 11.2 Å². The van der Waals surface area contributed by atoms with Crippen molar-refractivity contribution in [2.24, 2.45) is 0 Å². The number of hydrogen-bond acceptors (Lipinski definition) is 3. The van der Waals surface area contributed by atoms with Crippen molar-refractivity contribution in [3.05, 3.63) is 76.9 Å². The van der Waals surface area contributed by atoms with Gasteiger partial charge in [-0.05, 0) is 43.2 Å². The average molecular weight is 312 g/mol. The quantitative estimate of drug-likeness (QED) is 0.898. The minimum Gasteiger partial charge on any atom is -0.384 e. The Labute approximate surface area is 133 Å². The van der Waals surface area contributed by atoms with Crippen molar-refractivity contribution in [2.45, 2.75) is 25.5 Å². The maximum Gasteiger partial charge on any atom is 0.252 e. The Morgan fingerprint density at radius 3 is 2.87 bits per heavy atom. The number of nitrogens with zero attached hydrogens (tertiary/aromatic N) is 1. The van der Waals surface area contributed by atoms with E-state index in [1.807, 2.05) is 24.3 Å². The number of hydrogen-bond donors (Lipinski definition) is 2. The molecule has 2 N–H and O–H groups in total. The minimum absolute atomic E-state index is 0.177. The number of aliphatic hydroxyl groups excluding tert-OH is 1. The molecular formula is C18H17FN2O2. The summed E-state index contributed by atoms with van der Waals surface area (Å²) in [5.41, 5.74) is 1.60. The molecule has 23 heavy (non-hydrogen) atoms. The van der Waals surface area contributed by atoms with Crippen LogP contribution in [0.5, 0.6) is 0 Å². The molecule has 1 heterocycles. The standard InChI is InChI=1S/C18H17FN2O2/c1-18(2,16(22)15-10-12(19)8-9-20-15)21-17(23)14-7-6-11-4-3-5-13(11)14/h3-10,16,22H,1-2H3,(H,21,23). The van der Waals surface area contributed by atoms with Crippen LogP contribution >= 0.6 is 0 Å². The van der Waals surface area contributed by atoms with E-state index in [9.17, 15) is 14.3 Å². The lowest BCUT2D eigenvalue weighted by Gasteiger charge is -2.31. The van der Waals surface area contributed by atoms with E-state index >= 15 is 0 Å². The molecule has 2 aliphatic carbocycles. The topological polar surface area (TPSA) is 62.2 Å². The van der Waals surface area contributed by atoms with Crippen molar-refractivity contribution in [1.82, 2.24) is 10.3 Å². The first-order valence-electron chi connectivity index (χ1n) is 7.31. The number of carbonyl (C=O) groups excluding carboxylic acids is 1. The van der Waals surface area contributed by atoms with Gasteiger partial charge in [-0.15, -0.1) is 0 Å². The summed E-state index contributed by atoms with van der Waals surface area (Å²) in [6.45, 7) is 3.35. The molecule has 1 aromatic rings. The van der Waals surface area contributed by atoms with E-state index in [4.69, 9.17) is 0 Å². The van der Waals surface area contributed by atoms with Gasteiger partial charge in [-0.1, -0.05) is 24.3 Å². The van der Waals surface area contributed by atoms with Crippen molar-refractivity contribution < 1.29 is 14.3 Å². The fraction of sp³-hybridized carbons (Fsp3) is 0.222. The maximum absolute atomic E-state index is 13.3. The average Bonchev–Trinajstić information content (AvgIpc) is 3.08. The fourth-order valence-corrected chi connectivity index (χ4v) is 2.65. The third-order valence-corrected chi connectivity index (χ3v) is 3.96. The number of carbonyl (C=O) groups is 1. The van der Waals surface area contributed by atoms with Gasteiger partial charge in [-0.3, -0.25) is 9.78 Å². The van der Waals surface area contributed by atoms with E-state index in [0.29, 0.717) is 5.57 Å². The number of amides is 1. The van der Waals surface area contributed by atoms with Crippen LogP contribution in [0.25, 0.3) is 0 Å². The second kappa shape index (κ2) is 5.59. The van der Waals surface area contributed by atoms with E-state index in [1.54, 1.807) is 19.9 Å². The molecule has 0 spiro atoms. The van der Waals surface area contributed by atoms with E-state index in [0.717, 1.165) is 17.2 Å². The van der Waals surface area contributed by atoms with Crippen LogP contribution in [0.4, 0.5) is 4.39 Å². The summed E-state index contributed by atoms with van der Waals surface area (Å²) in [6.07, 6.45) is 9.48. The van der Waals surface area contributed by atoms with E-state index in [2.05, 4.69) is 10.3 Å². The number of nitrogens with one attached hydrogen (secondary N) is 1. The van der Waals surface area contributed by atoms with Crippen molar-refractivity contribution in [3.8, 4) is 0 Å². The molecule has 118 valence electrons. The van der Waals surface area contributed by atoms with Crippen LogP contribution in [0.1, 0.15) is 25.6 Å². The second-order valence-electron chi connectivity index (χ2n) is 6.12. The van der Waals surface area contributed by atoms with Gasteiger partial charge in [-0.25, -0.2) is 4.39 Å². The van der Waals surface area contributed by atoms with E-state index in [-0.39, 0.29) is 11.6 Å². The summed E-state index contributed by atoms with van der Waals surface area (Å²) in [5.74, 6) is -0.766. The zero-order valence-corrected chi connectivity index (χ0v) is 12.9. The Morgan fingerprint density at radius 1 is 1.35 bits per heavy atom. The largest absolute Gasteiger partial charge is 0.384 e. The van der Waals surface area contributed by atoms with Crippen molar-refractivity contribution in [3.63, 3.8) is 0 Å². The molecule has 0 saturated carbocycles. The van der Waals surface area contributed by atoms with Gasteiger partial charge >= 0.3 is 0 Å². The molecule has 0 saturated heterocycles. The molecule has 1 atom stereocenters. The van der Waals surface area contributed by atoms with Gasteiger partial charge in [0.2, 0.25) is 0 Å². The maximum atomic E-state index is 13.3. The Morgan fingerprint density at radius 2 is 2.13 bits per heavy atom. The SMILES string of the molecule is CC(C)(NC(=O)C1=C2C=CC=C2C=C1)C(O)c1cc(F)ccn1. The van der Waals surface area contributed by atoms with Crippen LogP contribution in [0, 0.1) is 5.82 Å². The Kier molecular flexibility index (Phi) is 3.74. The van der Waals surface area contributed by atoms with E-state index in [1.165, 1.54) is 12.3 Å². The third-order valence-electron chi connectivity index (χ3n) is 3.96. The predicted molar refractivity (Wildman–Crippen MR) is 84.8 cm³/mol. The summed E-state index contributed by atoms with van der Waals surface area (Å²) in [6, 6.07) is 2.37. The molecule has 3 rings (SSSR count). The normalized spacial score (nSPS) is 17.3. The first-order chi connectivity index (χ1) is 10.9. The Balaban J connectivity index is 1.80. The highest BCUT2D eigenvalue weighted by molar-refractivity contribution is 6.01. The molecule has 1 aromatic heterocycles. The summed E-state index contributed by atoms with van der Waals surface area (Å²) < 4.78 is 13.3. The molecule has 0 fully saturated rings. The van der Waals surface area contributed by atoms with Gasteiger partial charge in [0.1, 0.15) is 11.9 Å². The first-order valence-corrected chi connectivity index (χ1v) is 7.31. The van der Waals surface area contributed by atoms with Gasteiger partial charge in [0, 0.05) is 11.8 Å². The molecule has 0 radical (unpaired) electrons. The molecule has 0 aromatic carbocycles. The van der Waals surface area contributed by atoms with Gasteiger partial charge in [0.15, 0.2) is 0 Å². The number of fused-ring (bicyclic) bond motifs is 1. The summed E-state index contributed by atoms with van der Waals surface area (Å²) in [5, 5.41) is 13.3. The highest BCUT2D eigenvalue weighted by Crippen LogP contribution is 2.31. The number of rotatable bonds is 4. The summed E-state index contributed by atoms with van der Waals surface area (Å²) in [7, 11) is 0. The number of halogens is 1. The van der Waals surface area contributed by atoms with Crippen LogP contribution in [-0.4, -0.2) is 21.5 Å². The molecule has 2 aliphatic rings. The molecule has 1 unspecified atom stereocenters. The number of aromatic nitrogens is 1. The highest BCUT2D eigenvalue weighted by Gasteiger charge is 2.33.